The highest BCUT2D eigenvalue weighted by Gasteiger charge is 2.24. The van der Waals surface area contributed by atoms with Gasteiger partial charge in [0.05, 0.1) is 5.52 Å². The summed E-state index contributed by atoms with van der Waals surface area (Å²) in [7, 11) is 3.97. The van der Waals surface area contributed by atoms with E-state index in [0.29, 0.717) is 17.1 Å². The van der Waals surface area contributed by atoms with E-state index in [1.807, 2.05) is 43.3 Å². The van der Waals surface area contributed by atoms with Crippen molar-refractivity contribution >= 4 is 34.4 Å². The molecule has 4 rings (SSSR count). The minimum atomic E-state index is -0.0926. The first-order valence-electron chi connectivity index (χ1n) is 11.0. The molecule has 0 spiro atoms. The number of para-hydroxylation sites is 1. The van der Waals surface area contributed by atoms with Crippen LogP contribution in [-0.4, -0.2) is 47.8 Å². The van der Waals surface area contributed by atoms with E-state index in [9.17, 15) is 9.59 Å². The Hall–Kier alpha value is -3.48. The molecule has 0 atom stereocenters. The van der Waals surface area contributed by atoms with Crippen LogP contribution in [0.2, 0.25) is 0 Å². The molecule has 0 bridgehead atoms. The van der Waals surface area contributed by atoms with Gasteiger partial charge in [-0.3, -0.25) is 9.59 Å². The number of hydrogen-bond acceptors (Lipinski definition) is 6. The predicted molar refractivity (Wildman–Crippen MR) is 127 cm³/mol. The number of nitrogens with one attached hydrogen (secondary N) is 2. The minimum absolute atomic E-state index is 0.00382. The number of ketones is 1. The summed E-state index contributed by atoms with van der Waals surface area (Å²) in [5.41, 5.74) is 2.11. The number of anilines is 2. The molecule has 166 valence electrons. The SMILES string of the molecule is CC(=O)c1ccc(C(=O)NC2CCC(Nc3nc(N(C)C)c4ccccc4n3)CC2)cc1. The Morgan fingerprint density at radius 2 is 1.50 bits per heavy atom. The van der Waals surface area contributed by atoms with Crippen LogP contribution in [0.5, 0.6) is 0 Å². The molecule has 1 aromatic heterocycles. The van der Waals surface area contributed by atoms with Crippen molar-refractivity contribution < 1.29 is 9.59 Å². The van der Waals surface area contributed by atoms with Crippen molar-refractivity contribution in [2.45, 2.75) is 44.7 Å². The van der Waals surface area contributed by atoms with Gasteiger partial charge in [0, 0.05) is 42.7 Å². The van der Waals surface area contributed by atoms with E-state index in [1.54, 1.807) is 24.3 Å². The van der Waals surface area contributed by atoms with E-state index in [-0.39, 0.29) is 23.8 Å². The maximum absolute atomic E-state index is 12.6. The van der Waals surface area contributed by atoms with E-state index < -0.39 is 0 Å². The Morgan fingerprint density at radius 3 is 2.16 bits per heavy atom. The van der Waals surface area contributed by atoms with Crippen LogP contribution >= 0.6 is 0 Å². The number of fused-ring (bicyclic) bond motifs is 1. The summed E-state index contributed by atoms with van der Waals surface area (Å²) in [4.78, 5) is 35.4. The monoisotopic (exact) mass is 431 g/mol. The summed E-state index contributed by atoms with van der Waals surface area (Å²) in [5, 5.41) is 7.66. The van der Waals surface area contributed by atoms with E-state index in [2.05, 4.69) is 10.6 Å². The van der Waals surface area contributed by atoms with Crippen molar-refractivity contribution in [3.8, 4) is 0 Å². The predicted octanol–water partition coefficient (Wildman–Crippen LogP) is 4.05. The average molecular weight is 432 g/mol. The van der Waals surface area contributed by atoms with E-state index in [0.717, 1.165) is 42.4 Å². The molecule has 1 saturated carbocycles. The number of carbonyl (C=O) groups excluding carboxylic acids is 2. The second-order valence-corrected chi connectivity index (χ2v) is 8.58. The van der Waals surface area contributed by atoms with Gasteiger partial charge in [-0.15, -0.1) is 0 Å². The number of hydrogen-bond donors (Lipinski definition) is 2. The molecule has 2 aromatic carbocycles. The van der Waals surface area contributed by atoms with Gasteiger partial charge in [0.15, 0.2) is 5.78 Å². The van der Waals surface area contributed by atoms with Crippen molar-refractivity contribution in [2.24, 2.45) is 0 Å². The van der Waals surface area contributed by atoms with Crippen molar-refractivity contribution in [2.75, 3.05) is 24.3 Å². The maximum Gasteiger partial charge on any atom is 0.251 e. The molecule has 2 N–H and O–H groups in total. The summed E-state index contributed by atoms with van der Waals surface area (Å²) >= 11 is 0. The molecule has 7 heteroatoms. The maximum atomic E-state index is 12.6. The summed E-state index contributed by atoms with van der Waals surface area (Å²) in [6.07, 6.45) is 3.65. The average Bonchev–Trinajstić information content (AvgIpc) is 2.79. The molecule has 3 aromatic rings. The largest absolute Gasteiger partial charge is 0.362 e. The van der Waals surface area contributed by atoms with Crippen LogP contribution in [0.3, 0.4) is 0 Å². The normalized spacial score (nSPS) is 18.2. The van der Waals surface area contributed by atoms with Crippen molar-refractivity contribution in [3.63, 3.8) is 0 Å². The first kappa shape index (κ1) is 21.7. The Morgan fingerprint density at radius 1 is 0.875 bits per heavy atom. The third kappa shape index (κ3) is 4.88. The number of amides is 1. The fourth-order valence-corrected chi connectivity index (χ4v) is 4.16. The number of aromatic nitrogens is 2. The van der Waals surface area contributed by atoms with Crippen LogP contribution in [0.1, 0.15) is 53.3 Å². The quantitative estimate of drug-likeness (QED) is 0.573. The molecule has 1 aliphatic carbocycles. The lowest BCUT2D eigenvalue weighted by atomic mass is 9.91. The molecule has 0 unspecified atom stereocenters. The standard InChI is InChI=1S/C25H29N5O2/c1-16(31)17-8-10-18(11-9-17)24(32)26-19-12-14-20(15-13-19)27-25-28-22-7-5-4-6-21(22)23(29-25)30(2)3/h4-11,19-20H,12-15H2,1-3H3,(H,26,32)(H,27,28,29). The summed E-state index contributed by atoms with van der Waals surface area (Å²) in [6.45, 7) is 1.52. The second-order valence-electron chi connectivity index (χ2n) is 8.58. The molecule has 1 amide bonds. The topological polar surface area (TPSA) is 87.2 Å². The molecule has 0 saturated heterocycles. The fraction of sp³-hybridized carbons (Fsp3) is 0.360. The molecule has 0 radical (unpaired) electrons. The molecule has 1 aliphatic rings. The molecule has 7 nitrogen and oxygen atoms in total. The van der Waals surface area contributed by atoms with Gasteiger partial charge in [0.2, 0.25) is 5.95 Å². The Labute approximate surface area is 188 Å². The fourth-order valence-electron chi connectivity index (χ4n) is 4.16. The third-order valence-corrected chi connectivity index (χ3v) is 5.96. The lowest BCUT2D eigenvalue weighted by Crippen LogP contribution is -2.40. The number of rotatable bonds is 6. The van der Waals surface area contributed by atoms with Crippen molar-refractivity contribution in [1.82, 2.24) is 15.3 Å². The molecule has 1 heterocycles. The molecule has 0 aliphatic heterocycles. The van der Waals surface area contributed by atoms with Crippen LogP contribution in [0.4, 0.5) is 11.8 Å². The first-order valence-corrected chi connectivity index (χ1v) is 11.0. The number of nitrogens with zero attached hydrogens (tertiary/aromatic N) is 3. The van der Waals surface area contributed by atoms with E-state index in [4.69, 9.17) is 9.97 Å². The third-order valence-electron chi connectivity index (χ3n) is 5.96. The van der Waals surface area contributed by atoms with Gasteiger partial charge in [-0.2, -0.15) is 4.98 Å². The number of Topliss-reactive ketones (excluding diaryl/α,β-unsaturated/α-hetero) is 1. The van der Waals surface area contributed by atoms with E-state index >= 15 is 0 Å². The van der Waals surface area contributed by atoms with Crippen LogP contribution in [0.15, 0.2) is 48.5 Å². The highest BCUT2D eigenvalue weighted by Crippen LogP contribution is 2.26. The Balaban J connectivity index is 1.35. The van der Waals surface area contributed by atoms with Crippen LogP contribution in [0, 0.1) is 0 Å². The number of carbonyl (C=O) groups is 2. The van der Waals surface area contributed by atoms with Crippen molar-refractivity contribution in [1.29, 1.82) is 0 Å². The smallest absolute Gasteiger partial charge is 0.251 e. The molecule has 32 heavy (non-hydrogen) atoms. The minimum Gasteiger partial charge on any atom is -0.362 e. The van der Waals surface area contributed by atoms with Crippen LogP contribution < -0.4 is 15.5 Å². The summed E-state index contributed by atoms with van der Waals surface area (Å²) < 4.78 is 0. The summed E-state index contributed by atoms with van der Waals surface area (Å²) in [6, 6.07) is 15.3. The van der Waals surface area contributed by atoms with Gasteiger partial charge in [-0.05, 0) is 56.9 Å². The van der Waals surface area contributed by atoms with Gasteiger partial charge < -0.3 is 15.5 Å². The zero-order valence-corrected chi connectivity index (χ0v) is 18.8. The molecule has 1 fully saturated rings. The van der Waals surface area contributed by atoms with Crippen molar-refractivity contribution in [3.05, 3.63) is 59.7 Å². The summed E-state index contributed by atoms with van der Waals surface area (Å²) in [5.74, 6) is 1.45. The van der Waals surface area contributed by atoms with Crippen LogP contribution in [-0.2, 0) is 0 Å². The Kier molecular flexibility index (Phi) is 6.35. The lowest BCUT2D eigenvalue weighted by molar-refractivity contribution is 0.0925. The molecular weight excluding hydrogens is 402 g/mol. The highest BCUT2D eigenvalue weighted by atomic mass is 16.1. The van der Waals surface area contributed by atoms with Gasteiger partial charge in [0.1, 0.15) is 5.82 Å². The second kappa shape index (κ2) is 9.34. The number of benzene rings is 2. The van der Waals surface area contributed by atoms with Gasteiger partial charge >= 0.3 is 0 Å². The lowest BCUT2D eigenvalue weighted by Gasteiger charge is -2.30. The first-order chi connectivity index (χ1) is 15.4. The van der Waals surface area contributed by atoms with Crippen LogP contribution in [0.25, 0.3) is 10.9 Å². The van der Waals surface area contributed by atoms with Gasteiger partial charge in [-0.1, -0.05) is 24.3 Å². The zero-order chi connectivity index (χ0) is 22.7. The Bertz CT molecular complexity index is 1120. The highest BCUT2D eigenvalue weighted by molar-refractivity contribution is 5.97. The zero-order valence-electron chi connectivity index (χ0n) is 18.8. The van der Waals surface area contributed by atoms with Gasteiger partial charge in [0.25, 0.3) is 5.91 Å². The van der Waals surface area contributed by atoms with Gasteiger partial charge in [-0.25, -0.2) is 4.98 Å². The molecular formula is C25H29N5O2. The van der Waals surface area contributed by atoms with E-state index in [1.165, 1.54) is 6.92 Å².